The first-order valence-electron chi connectivity index (χ1n) is 7.95. The molecule has 0 saturated heterocycles. The summed E-state index contributed by atoms with van der Waals surface area (Å²) in [6.45, 7) is 5.07. The van der Waals surface area contributed by atoms with Crippen LogP contribution in [0.15, 0.2) is 53.5 Å². The Labute approximate surface area is 139 Å². The van der Waals surface area contributed by atoms with Crippen molar-refractivity contribution in [3.05, 3.63) is 64.5 Å². The first kappa shape index (κ1) is 15.7. The van der Waals surface area contributed by atoms with E-state index in [1.54, 1.807) is 11.3 Å². The molecule has 2 aromatic carbocycles. The average molecular weight is 324 g/mol. The molecule has 4 heteroatoms. The highest BCUT2D eigenvalue weighted by Crippen LogP contribution is 2.22. The van der Waals surface area contributed by atoms with Crippen molar-refractivity contribution >= 4 is 27.5 Å². The third-order valence-electron chi connectivity index (χ3n) is 3.90. The van der Waals surface area contributed by atoms with Crippen LogP contribution in [0, 0.1) is 0 Å². The fourth-order valence-electron chi connectivity index (χ4n) is 2.78. The van der Waals surface area contributed by atoms with Crippen LogP contribution in [0.5, 0.6) is 0 Å². The molecule has 1 amide bonds. The van der Waals surface area contributed by atoms with Gasteiger partial charge in [-0.1, -0.05) is 60.7 Å². The molecule has 0 aliphatic rings. The number of benzene rings is 2. The van der Waals surface area contributed by atoms with Crippen molar-refractivity contribution in [2.24, 2.45) is 4.99 Å². The maximum atomic E-state index is 12.3. The molecule has 0 fully saturated rings. The Morgan fingerprint density at radius 2 is 1.87 bits per heavy atom. The minimum absolute atomic E-state index is 0.0944. The lowest BCUT2D eigenvalue weighted by atomic mass is 10.1. The van der Waals surface area contributed by atoms with Crippen molar-refractivity contribution < 1.29 is 4.79 Å². The summed E-state index contributed by atoms with van der Waals surface area (Å²) in [7, 11) is 0. The monoisotopic (exact) mass is 324 g/mol. The summed E-state index contributed by atoms with van der Waals surface area (Å²) in [6.07, 6.45) is 1.32. The minimum atomic E-state index is -0.0944. The van der Waals surface area contributed by atoms with Crippen molar-refractivity contribution in [1.29, 1.82) is 0 Å². The van der Waals surface area contributed by atoms with Crippen LogP contribution in [0.2, 0.25) is 0 Å². The highest BCUT2D eigenvalue weighted by Gasteiger charge is 2.10. The van der Waals surface area contributed by atoms with Crippen molar-refractivity contribution in [2.75, 3.05) is 0 Å². The average Bonchev–Trinajstić information content (AvgIpc) is 2.92. The Balaban J connectivity index is 2.03. The Kier molecular flexibility index (Phi) is 4.72. The van der Waals surface area contributed by atoms with E-state index in [1.165, 1.54) is 15.8 Å². The van der Waals surface area contributed by atoms with Gasteiger partial charge in [0.15, 0.2) is 4.80 Å². The highest BCUT2D eigenvalue weighted by atomic mass is 32.1. The fourth-order valence-corrected chi connectivity index (χ4v) is 3.94. The third-order valence-corrected chi connectivity index (χ3v) is 4.94. The summed E-state index contributed by atoms with van der Waals surface area (Å²) < 4.78 is 3.35. The maximum Gasteiger partial charge on any atom is 0.252 e. The van der Waals surface area contributed by atoms with E-state index in [1.807, 2.05) is 30.3 Å². The van der Waals surface area contributed by atoms with Gasteiger partial charge >= 0.3 is 0 Å². The van der Waals surface area contributed by atoms with E-state index in [9.17, 15) is 4.79 Å². The van der Waals surface area contributed by atoms with Gasteiger partial charge in [-0.3, -0.25) is 4.79 Å². The Morgan fingerprint density at radius 1 is 1.09 bits per heavy atom. The molecule has 0 radical (unpaired) electrons. The molecule has 118 valence electrons. The molecule has 0 bridgehead atoms. The SMILES string of the molecule is CCc1cccc2sc(=NC(=O)Cc3ccccc3)n(CC)c12. The standard InChI is InChI=1S/C19H20N2OS/c1-3-15-11-8-12-16-18(15)21(4-2)19(23-16)20-17(22)13-14-9-6-5-7-10-14/h5-12H,3-4,13H2,1-2H3. The first-order valence-corrected chi connectivity index (χ1v) is 8.77. The number of fused-ring (bicyclic) bond motifs is 1. The molecule has 0 unspecified atom stereocenters. The molecule has 0 aliphatic carbocycles. The number of nitrogens with zero attached hydrogens (tertiary/aromatic N) is 2. The Morgan fingerprint density at radius 3 is 2.57 bits per heavy atom. The number of para-hydroxylation sites is 1. The van der Waals surface area contributed by atoms with E-state index in [0.717, 1.165) is 23.3 Å². The molecule has 0 aliphatic heterocycles. The zero-order valence-corrected chi connectivity index (χ0v) is 14.3. The van der Waals surface area contributed by atoms with E-state index in [2.05, 4.69) is 41.6 Å². The van der Waals surface area contributed by atoms with Crippen molar-refractivity contribution in [2.45, 2.75) is 33.2 Å². The van der Waals surface area contributed by atoms with Crippen LogP contribution >= 0.6 is 11.3 Å². The van der Waals surface area contributed by atoms with Crippen molar-refractivity contribution in [1.82, 2.24) is 4.57 Å². The summed E-state index contributed by atoms with van der Waals surface area (Å²) >= 11 is 1.59. The molecule has 0 saturated carbocycles. The minimum Gasteiger partial charge on any atom is -0.316 e. The topological polar surface area (TPSA) is 34.4 Å². The van der Waals surface area contributed by atoms with Gasteiger partial charge in [-0.15, -0.1) is 0 Å². The van der Waals surface area contributed by atoms with Gasteiger partial charge in [0.2, 0.25) is 0 Å². The van der Waals surface area contributed by atoms with Gasteiger partial charge in [-0.2, -0.15) is 4.99 Å². The number of carbonyl (C=O) groups excluding carboxylic acids is 1. The summed E-state index contributed by atoms with van der Waals surface area (Å²) in [4.78, 5) is 17.5. The first-order chi connectivity index (χ1) is 11.2. The van der Waals surface area contributed by atoms with Gasteiger partial charge in [0.25, 0.3) is 5.91 Å². The number of rotatable bonds is 4. The smallest absolute Gasteiger partial charge is 0.252 e. The predicted octanol–water partition coefficient (Wildman–Crippen LogP) is 3.96. The zero-order chi connectivity index (χ0) is 16.2. The Hall–Kier alpha value is -2.20. The van der Waals surface area contributed by atoms with Crippen LogP contribution in [0.25, 0.3) is 10.2 Å². The van der Waals surface area contributed by atoms with E-state index in [-0.39, 0.29) is 5.91 Å². The molecule has 3 aromatic rings. The lowest BCUT2D eigenvalue weighted by molar-refractivity contribution is -0.117. The lowest BCUT2D eigenvalue weighted by Gasteiger charge is -2.05. The zero-order valence-electron chi connectivity index (χ0n) is 13.5. The van der Waals surface area contributed by atoms with E-state index < -0.39 is 0 Å². The number of hydrogen-bond donors (Lipinski definition) is 0. The number of thiazole rings is 1. The number of hydrogen-bond acceptors (Lipinski definition) is 2. The summed E-state index contributed by atoms with van der Waals surface area (Å²) in [5.74, 6) is -0.0944. The van der Waals surface area contributed by atoms with Crippen LogP contribution in [0.1, 0.15) is 25.0 Å². The summed E-state index contributed by atoms with van der Waals surface area (Å²) in [5.41, 5.74) is 3.52. The van der Waals surface area contributed by atoms with Gasteiger partial charge in [0, 0.05) is 6.54 Å². The maximum absolute atomic E-state index is 12.3. The molecular weight excluding hydrogens is 304 g/mol. The number of aryl methyl sites for hydroxylation is 2. The second-order valence-corrected chi connectivity index (χ2v) is 6.42. The normalized spacial score (nSPS) is 12.0. The summed E-state index contributed by atoms with van der Waals surface area (Å²) in [5, 5.41) is 0. The molecule has 0 N–H and O–H groups in total. The molecule has 3 rings (SSSR count). The second kappa shape index (κ2) is 6.92. The quantitative estimate of drug-likeness (QED) is 0.715. The lowest BCUT2D eigenvalue weighted by Crippen LogP contribution is -2.17. The second-order valence-electron chi connectivity index (χ2n) is 5.41. The van der Waals surface area contributed by atoms with Crippen LogP contribution < -0.4 is 4.80 Å². The fraction of sp³-hybridized carbons (Fsp3) is 0.263. The van der Waals surface area contributed by atoms with Gasteiger partial charge in [0.05, 0.1) is 16.6 Å². The molecule has 3 nitrogen and oxygen atoms in total. The van der Waals surface area contributed by atoms with Crippen LogP contribution in [-0.4, -0.2) is 10.5 Å². The third kappa shape index (κ3) is 3.27. The molecule has 1 heterocycles. The molecule has 0 spiro atoms. The molecule has 1 aromatic heterocycles. The molecule has 0 atom stereocenters. The largest absolute Gasteiger partial charge is 0.316 e. The van der Waals surface area contributed by atoms with Gasteiger partial charge < -0.3 is 4.57 Å². The van der Waals surface area contributed by atoms with E-state index in [0.29, 0.717) is 6.42 Å². The van der Waals surface area contributed by atoms with Crippen LogP contribution in [0.3, 0.4) is 0 Å². The van der Waals surface area contributed by atoms with Crippen molar-refractivity contribution in [3.63, 3.8) is 0 Å². The van der Waals surface area contributed by atoms with Gasteiger partial charge in [0.1, 0.15) is 0 Å². The number of carbonyl (C=O) groups is 1. The van der Waals surface area contributed by atoms with Crippen molar-refractivity contribution in [3.8, 4) is 0 Å². The highest BCUT2D eigenvalue weighted by molar-refractivity contribution is 7.16. The summed E-state index contributed by atoms with van der Waals surface area (Å²) in [6, 6.07) is 16.1. The molecular formula is C19H20N2OS. The number of aromatic nitrogens is 1. The van der Waals surface area contributed by atoms with Crippen LogP contribution in [-0.2, 0) is 24.2 Å². The van der Waals surface area contributed by atoms with E-state index in [4.69, 9.17) is 0 Å². The molecule has 23 heavy (non-hydrogen) atoms. The predicted molar refractivity (Wildman–Crippen MR) is 95.6 cm³/mol. The Bertz CT molecular complexity index is 891. The van der Waals surface area contributed by atoms with Gasteiger partial charge in [-0.05, 0) is 30.5 Å². The van der Waals surface area contributed by atoms with Gasteiger partial charge in [-0.25, -0.2) is 0 Å². The number of amides is 1. The van der Waals surface area contributed by atoms with E-state index >= 15 is 0 Å². The van der Waals surface area contributed by atoms with Crippen LogP contribution in [0.4, 0.5) is 0 Å².